The Morgan fingerprint density at radius 2 is 1.92 bits per heavy atom. The molecule has 25 heavy (non-hydrogen) atoms. The first-order valence-electron chi connectivity index (χ1n) is 9.56. The quantitative estimate of drug-likeness (QED) is 0.367. The van der Waals surface area contributed by atoms with Gasteiger partial charge in [-0.2, -0.15) is 0 Å². The van der Waals surface area contributed by atoms with Gasteiger partial charge in [0.1, 0.15) is 0 Å². The second-order valence-corrected chi connectivity index (χ2v) is 6.43. The average molecular weight is 348 g/mol. The second-order valence-electron chi connectivity index (χ2n) is 6.43. The molecule has 5 nitrogen and oxygen atoms in total. The number of nitrogens with one attached hydrogen (secondary N) is 2. The summed E-state index contributed by atoms with van der Waals surface area (Å²) >= 11 is 0. The highest BCUT2D eigenvalue weighted by atomic mass is 16.5. The van der Waals surface area contributed by atoms with E-state index in [2.05, 4.69) is 46.0 Å². The summed E-state index contributed by atoms with van der Waals surface area (Å²) in [5.74, 6) is 0.882. The number of benzene rings is 1. The van der Waals surface area contributed by atoms with Crippen LogP contribution in [0.4, 0.5) is 0 Å². The van der Waals surface area contributed by atoms with Crippen LogP contribution in [0.3, 0.4) is 0 Å². The highest BCUT2D eigenvalue weighted by molar-refractivity contribution is 5.79. The number of guanidine groups is 1. The second kappa shape index (κ2) is 12.7. The number of hydrogen-bond acceptors (Lipinski definition) is 3. The first-order valence-corrected chi connectivity index (χ1v) is 9.56. The Balaban J connectivity index is 1.42. The number of rotatable bonds is 11. The molecular weight excluding hydrogens is 314 g/mol. The minimum absolute atomic E-state index is 0.299. The van der Waals surface area contributed by atoms with E-state index >= 15 is 0 Å². The molecule has 0 amide bonds. The number of nitrogens with zero attached hydrogens (tertiary/aromatic N) is 1. The lowest BCUT2D eigenvalue weighted by molar-refractivity contribution is 0.0420. The topological polar surface area (TPSA) is 54.9 Å². The Morgan fingerprint density at radius 3 is 2.64 bits per heavy atom. The van der Waals surface area contributed by atoms with Crippen molar-refractivity contribution in [2.24, 2.45) is 4.99 Å². The summed E-state index contributed by atoms with van der Waals surface area (Å²) in [6.07, 6.45) is 7.11. The maximum atomic E-state index is 5.76. The Kier molecular flexibility index (Phi) is 10.0. The molecule has 1 aromatic carbocycles. The van der Waals surface area contributed by atoms with Crippen LogP contribution in [0, 0.1) is 0 Å². The Labute approximate surface area is 152 Å². The largest absolute Gasteiger partial charge is 0.379 e. The standard InChI is InChI=1S/C20H33N3O2/c1-21-20(23-14-8-15-25-19-12-16-24-17-19)22-13-7-3-6-11-18-9-4-2-5-10-18/h2,4-5,9-10,19H,3,6-8,11-17H2,1H3,(H2,21,22,23). The molecule has 5 heteroatoms. The third kappa shape index (κ3) is 8.89. The lowest BCUT2D eigenvalue weighted by Crippen LogP contribution is -2.38. The number of ether oxygens (including phenoxy) is 2. The lowest BCUT2D eigenvalue weighted by Gasteiger charge is -2.13. The van der Waals surface area contributed by atoms with E-state index in [4.69, 9.17) is 9.47 Å². The van der Waals surface area contributed by atoms with Crippen molar-refractivity contribution in [3.05, 3.63) is 35.9 Å². The summed E-state index contributed by atoms with van der Waals surface area (Å²) < 4.78 is 11.1. The van der Waals surface area contributed by atoms with Gasteiger partial charge in [-0.1, -0.05) is 36.8 Å². The molecule has 0 aliphatic carbocycles. The van der Waals surface area contributed by atoms with Crippen molar-refractivity contribution >= 4 is 5.96 Å². The molecule has 0 saturated carbocycles. The summed E-state index contributed by atoms with van der Waals surface area (Å²) in [5.41, 5.74) is 1.43. The van der Waals surface area contributed by atoms with E-state index in [0.29, 0.717) is 6.10 Å². The maximum absolute atomic E-state index is 5.76. The Bertz CT molecular complexity index is 473. The summed E-state index contributed by atoms with van der Waals surface area (Å²) in [7, 11) is 1.82. The van der Waals surface area contributed by atoms with Gasteiger partial charge in [-0.3, -0.25) is 4.99 Å². The zero-order valence-corrected chi connectivity index (χ0v) is 15.5. The first-order chi connectivity index (χ1) is 12.4. The summed E-state index contributed by atoms with van der Waals surface area (Å²) in [6, 6.07) is 10.7. The Morgan fingerprint density at radius 1 is 1.12 bits per heavy atom. The van der Waals surface area contributed by atoms with Gasteiger partial charge in [0.05, 0.1) is 12.7 Å². The zero-order chi connectivity index (χ0) is 17.6. The average Bonchev–Trinajstić information content (AvgIpc) is 3.17. The summed E-state index contributed by atoms with van der Waals surface area (Å²) in [6.45, 7) is 4.20. The van der Waals surface area contributed by atoms with Crippen molar-refractivity contribution in [3.63, 3.8) is 0 Å². The zero-order valence-electron chi connectivity index (χ0n) is 15.5. The highest BCUT2D eigenvalue weighted by Gasteiger charge is 2.15. The van der Waals surface area contributed by atoms with Gasteiger partial charge < -0.3 is 20.1 Å². The minimum atomic E-state index is 0.299. The Hall–Kier alpha value is -1.59. The van der Waals surface area contributed by atoms with Crippen molar-refractivity contribution in [1.82, 2.24) is 10.6 Å². The normalized spacial score (nSPS) is 17.6. The third-order valence-corrected chi connectivity index (χ3v) is 4.36. The van der Waals surface area contributed by atoms with E-state index in [-0.39, 0.29) is 0 Å². The molecule has 1 heterocycles. The molecule has 1 aliphatic heterocycles. The maximum Gasteiger partial charge on any atom is 0.190 e. The van der Waals surface area contributed by atoms with Crippen molar-refractivity contribution in [2.45, 2.75) is 44.6 Å². The molecule has 1 fully saturated rings. The molecule has 2 rings (SSSR count). The van der Waals surface area contributed by atoms with Crippen LogP contribution in [0.2, 0.25) is 0 Å². The predicted molar refractivity (Wildman–Crippen MR) is 103 cm³/mol. The van der Waals surface area contributed by atoms with E-state index in [1.807, 2.05) is 7.05 Å². The number of hydrogen-bond donors (Lipinski definition) is 2. The van der Waals surface area contributed by atoms with Crippen molar-refractivity contribution in [2.75, 3.05) is 40.0 Å². The lowest BCUT2D eigenvalue weighted by atomic mass is 10.1. The van der Waals surface area contributed by atoms with Gasteiger partial charge in [0.25, 0.3) is 0 Å². The van der Waals surface area contributed by atoms with Crippen molar-refractivity contribution in [3.8, 4) is 0 Å². The molecule has 1 atom stereocenters. The molecule has 1 saturated heterocycles. The van der Waals surface area contributed by atoms with Gasteiger partial charge in [0.15, 0.2) is 5.96 Å². The van der Waals surface area contributed by atoms with Crippen LogP contribution in [0.5, 0.6) is 0 Å². The van der Waals surface area contributed by atoms with Crippen LogP contribution >= 0.6 is 0 Å². The molecule has 1 unspecified atom stereocenters. The van der Waals surface area contributed by atoms with Gasteiger partial charge in [-0.25, -0.2) is 0 Å². The fraction of sp³-hybridized carbons (Fsp3) is 0.650. The summed E-state index contributed by atoms with van der Waals surface area (Å²) in [5, 5.41) is 6.72. The fourth-order valence-electron chi connectivity index (χ4n) is 2.88. The SMILES string of the molecule is CN=C(NCCCCCc1ccccc1)NCCCOC1CCOC1. The minimum Gasteiger partial charge on any atom is -0.379 e. The predicted octanol–water partition coefficient (Wildman–Crippen LogP) is 2.76. The molecule has 0 bridgehead atoms. The summed E-state index contributed by atoms with van der Waals surface area (Å²) in [4.78, 5) is 4.26. The fourth-order valence-corrected chi connectivity index (χ4v) is 2.88. The molecule has 0 spiro atoms. The van der Waals surface area contributed by atoms with Crippen LogP contribution in [0.15, 0.2) is 35.3 Å². The van der Waals surface area contributed by atoms with Gasteiger partial charge in [0, 0.05) is 33.4 Å². The van der Waals surface area contributed by atoms with Crippen LogP contribution < -0.4 is 10.6 Å². The van der Waals surface area contributed by atoms with Crippen LogP contribution in [0.25, 0.3) is 0 Å². The van der Waals surface area contributed by atoms with E-state index in [1.54, 1.807) is 0 Å². The van der Waals surface area contributed by atoms with Gasteiger partial charge in [0.2, 0.25) is 0 Å². The third-order valence-electron chi connectivity index (χ3n) is 4.36. The van der Waals surface area contributed by atoms with Gasteiger partial charge >= 0.3 is 0 Å². The number of aliphatic imine (C=N–C) groups is 1. The van der Waals surface area contributed by atoms with Gasteiger partial charge in [-0.05, 0) is 37.7 Å². The molecule has 2 N–H and O–H groups in total. The molecule has 140 valence electrons. The molecule has 0 aromatic heterocycles. The van der Waals surface area contributed by atoms with E-state index in [1.165, 1.54) is 31.2 Å². The van der Waals surface area contributed by atoms with E-state index < -0.39 is 0 Å². The smallest absolute Gasteiger partial charge is 0.190 e. The number of aryl methyl sites for hydroxylation is 1. The van der Waals surface area contributed by atoms with Crippen LogP contribution in [-0.4, -0.2) is 52.0 Å². The molecule has 0 radical (unpaired) electrons. The highest BCUT2D eigenvalue weighted by Crippen LogP contribution is 2.08. The van der Waals surface area contributed by atoms with Gasteiger partial charge in [-0.15, -0.1) is 0 Å². The van der Waals surface area contributed by atoms with E-state index in [0.717, 1.165) is 51.7 Å². The number of unbranched alkanes of at least 4 members (excludes halogenated alkanes) is 2. The molecule has 1 aromatic rings. The molecule has 1 aliphatic rings. The van der Waals surface area contributed by atoms with Crippen LogP contribution in [-0.2, 0) is 15.9 Å². The van der Waals surface area contributed by atoms with E-state index in [9.17, 15) is 0 Å². The first kappa shape index (κ1) is 19.7. The van der Waals surface area contributed by atoms with Crippen molar-refractivity contribution < 1.29 is 9.47 Å². The monoisotopic (exact) mass is 347 g/mol. The molecular formula is C20H33N3O2. The van der Waals surface area contributed by atoms with Crippen LogP contribution in [0.1, 0.15) is 37.7 Å². The van der Waals surface area contributed by atoms with Crippen molar-refractivity contribution in [1.29, 1.82) is 0 Å².